The average molecular weight is 292 g/mol. The largest absolute Gasteiger partial charge is 0.323 e. The third-order valence-corrected chi connectivity index (χ3v) is 4.58. The van der Waals surface area contributed by atoms with Crippen LogP contribution in [-0.2, 0) is 5.75 Å². The third kappa shape index (κ3) is 4.00. The fourth-order valence-electron chi connectivity index (χ4n) is 2.00. The number of benzene rings is 2. The molecule has 2 aromatic rings. The third-order valence-electron chi connectivity index (χ3n) is 3.10. The van der Waals surface area contributed by atoms with Gasteiger partial charge in [0.15, 0.2) is 0 Å². The molecule has 0 aliphatic carbocycles. The van der Waals surface area contributed by atoms with Gasteiger partial charge in [0.1, 0.15) is 0 Å². The quantitative estimate of drug-likeness (QED) is 0.872. The predicted molar refractivity (Wildman–Crippen MR) is 85.7 cm³/mol. The van der Waals surface area contributed by atoms with Crippen molar-refractivity contribution in [3.05, 3.63) is 70.2 Å². The number of halogens is 1. The molecule has 0 saturated heterocycles. The summed E-state index contributed by atoms with van der Waals surface area (Å²) in [7, 11) is 0. The molecule has 1 atom stereocenters. The molecule has 3 heteroatoms. The van der Waals surface area contributed by atoms with E-state index in [0.29, 0.717) is 0 Å². The Hall–Kier alpha value is -0.960. The van der Waals surface area contributed by atoms with Crippen molar-refractivity contribution in [3.8, 4) is 0 Å². The minimum absolute atomic E-state index is 0.0775. The number of nitrogens with two attached hydrogens (primary N) is 1. The minimum atomic E-state index is 0.0775. The Morgan fingerprint density at radius 3 is 2.53 bits per heavy atom. The first-order valence-corrected chi connectivity index (χ1v) is 7.84. The molecule has 0 bridgehead atoms. The standard InChI is InChI=1S/C16H18ClNS/c1-12-6-2-4-8-14(12)16(18)11-19-10-13-7-3-5-9-15(13)17/h2-9,16H,10-11,18H2,1H3. The normalized spacial score (nSPS) is 12.4. The second kappa shape index (κ2) is 6.99. The smallest absolute Gasteiger partial charge is 0.0446 e. The van der Waals surface area contributed by atoms with Gasteiger partial charge in [0.05, 0.1) is 0 Å². The Balaban J connectivity index is 1.90. The summed E-state index contributed by atoms with van der Waals surface area (Å²) in [4.78, 5) is 0. The van der Waals surface area contributed by atoms with Crippen LogP contribution in [0.5, 0.6) is 0 Å². The summed E-state index contributed by atoms with van der Waals surface area (Å²) in [5.74, 6) is 1.80. The molecule has 0 amide bonds. The van der Waals surface area contributed by atoms with E-state index >= 15 is 0 Å². The van der Waals surface area contributed by atoms with Crippen LogP contribution in [0.4, 0.5) is 0 Å². The van der Waals surface area contributed by atoms with Gasteiger partial charge in [0, 0.05) is 22.6 Å². The lowest BCUT2D eigenvalue weighted by Crippen LogP contribution is -2.14. The first-order chi connectivity index (χ1) is 9.18. The lowest BCUT2D eigenvalue weighted by molar-refractivity contribution is 0.822. The molecule has 2 rings (SSSR count). The molecule has 0 aliphatic rings. The number of hydrogen-bond donors (Lipinski definition) is 1. The Morgan fingerprint density at radius 2 is 1.79 bits per heavy atom. The second-order valence-corrected chi connectivity index (χ2v) is 6.01. The minimum Gasteiger partial charge on any atom is -0.323 e. The van der Waals surface area contributed by atoms with Crippen LogP contribution in [0.2, 0.25) is 5.02 Å². The van der Waals surface area contributed by atoms with E-state index in [1.807, 2.05) is 42.1 Å². The van der Waals surface area contributed by atoms with Crippen LogP contribution in [-0.4, -0.2) is 5.75 Å². The van der Waals surface area contributed by atoms with Gasteiger partial charge >= 0.3 is 0 Å². The Morgan fingerprint density at radius 1 is 1.11 bits per heavy atom. The van der Waals surface area contributed by atoms with E-state index in [1.54, 1.807) is 0 Å². The monoisotopic (exact) mass is 291 g/mol. The maximum absolute atomic E-state index is 6.24. The van der Waals surface area contributed by atoms with E-state index in [-0.39, 0.29) is 6.04 Å². The highest BCUT2D eigenvalue weighted by Crippen LogP contribution is 2.24. The van der Waals surface area contributed by atoms with Crippen LogP contribution in [0.1, 0.15) is 22.7 Å². The van der Waals surface area contributed by atoms with E-state index in [1.165, 1.54) is 16.7 Å². The average Bonchev–Trinajstić information content (AvgIpc) is 2.41. The highest BCUT2D eigenvalue weighted by Gasteiger charge is 2.08. The highest BCUT2D eigenvalue weighted by atomic mass is 35.5. The number of aryl methyl sites for hydroxylation is 1. The molecule has 0 fully saturated rings. The first-order valence-electron chi connectivity index (χ1n) is 6.30. The lowest BCUT2D eigenvalue weighted by atomic mass is 10.0. The van der Waals surface area contributed by atoms with Crippen molar-refractivity contribution < 1.29 is 0 Å². The molecule has 1 unspecified atom stereocenters. The molecule has 1 nitrogen and oxygen atoms in total. The van der Waals surface area contributed by atoms with Gasteiger partial charge < -0.3 is 5.73 Å². The van der Waals surface area contributed by atoms with Gasteiger partial charge in [-0.15, -0.1) is 0 Å². The van der Waals surface area contributed by atoms with Gasteiger partial charge in [0.25, 0.3) is 0 Å². The van der Waals surface area contributed by atoms with Crippen molar-refractivity contribution in [1.82, 2.24) is 0 Å². The molecule has 100 valence electrons. The molecule has 0 heterocycles. The van der Waals surface area contributed by atoms with Crippen LogP contribution >= 0.6 is 23.4 Å². The molecule has 0 aromatic heterocycles. The Labute approximate surface area is 124 Å². The van der Waals surface area contributed by atoms with Crippen LogP contribution in [0.15, 0.2) is 48.5 Å². The van der Waals surface area contributed by atoms with Crippen molar-refractivity contribution in [2.24, 2.45) is 5.73 Å². The van der Waals surface area contributed by atoms with Crippen LogP contribution in [0.25, 0.3) is 0 Å². The summed E-state index contributed by atoms with van der Waals surface area (Å²) in [6.45, 7) is 2.11. The van der Waals surface area contributed by atoms with Crippen molar-refractivity contribution in [1.29, 1.82) is 0 Å². The topological polar surface area (TPSA) is 26.0 Å². The van der Waals surface area contributed by atoms with E-state index in [4.69, 9.17) is 17.3 Å². The summed E-state index contributed by atoms with van der Waals surface area (Å²) in [6, 6.07) is 16.3. The highest BCUT2D eigenvalue weighted by molar-refractivity contribution is 7.98. The number of thioether (sulfide) groups is 1. The van der Waals surface area contributed by atoms with E-state index < -0.39 is 0 Å². The van der Waals surface area contributed by atoms with Crippen molar-refractivity contribution >= 4 is 23.4 Å². The molecule has 0 saturated carbocycles. The van der Waals surface area contributed by atoms with Crippen molar-refractivity contribution in [3.63, 3.8) is 0 Å². The van der Waals surface area contributed by atoms with E-state index in [2.05, 4.69) is 25.1 Å². The zero-order chi connectivity index (χ0) is 13.7. The summed E-state index contributed by atoms with van der Waals surface area (Å²) < 4.78 is 0. The predicted octanol–water partition coefficient (Wildman–Crippen LogP) is 4.58. The van der Waals surface area contributed by atoms with Gasteiger partial charge in [0.2, 0.25) is 0 Å². The fourth-order valence-corrected chi connectivity index (χ4v) is 3.31. The van der Waals surface area contributed by atoms with Gasteiger partial charge in [-0.2, -0.15) is 11.8 Å². The molecule has 2 aromatic carbocycles. The van der Waals surface area contributed by atoms with E-state index in [0.717, 1.165) is 16.5 Å². The number of hydrogen-bond acceptors (Lipinski definition) is 2. The van der Waals surface area contributed by atoms with Gasteiger partial charge in [-0.05, 0) is 29.7 Å². The van der Waals surface area contributed by atoms with Crippen molar-refractivity contribution in [2.75, 3.05) is 5.75 Å². The van der Waals surface area contributed by atoms with Crippen LogP contribution in [0, 0.1) is 6.92 Å². The molecular formula is C16H18ClNS. The summed E-state index contributed by atoms with van der Waals surface area (Å²) in [5.41, 5.74) is 9.91. The lowest BCUT2D eigenvalue weighted by Gasteiger charge is -2.14. The van der Waals surface area contributed by atoms with Crippen LogP contribution in [0.3, 0.4) is 0 Å². The van der Waals surface area contributed by atoms with Gasteiger partial charge in [-0.3, -0.25) is 0 Å². The Kier molecular flexibility index (Phi) is 5.32. The SMILES string of the molecule is Cc1ccccc1C(N)CSCc1ccccc1Cl. The van der Waals surface area contributed by atoms with Gasteiger partial charge in [-0.1, -0.05) is 54.1 Å². The zero-order valence-electron chi connectivity index (χ0n) is 11.0. The maximum atomic E-state index is 6.24. The zero-order valence-corrected chi connectivity index (χ0v) is 12.5. The molecule has 19 heavy (non-hydrogen) atoms. The van der Waals surface area contributed by atoms with Crippen molar-refractivity contribution in [2.45, 2.75) is 18.7 Å². The molecular weight excluding hydrogens is 274 g/mol. The second-order valence-electron chi connectivity index (χ2n) is 4.57. The Bertz CT molecular complexity index is 542. The summed E-state index contributed by atoms with van der Waals surface area (Å²) in [5, 5.41) is 0.833. The molecule has 0 radical (unpaired) electrons. The molecule has 2 N–H and O–H groups in total. The molecule has 0 aliphatic heterocycles. The first kappa shape index (κ1) is 14.4. The maximum Gasteiger partial charge on any atom is 0.0446 e. The number of rotatable bonds is 5. The van der Waals surface area contributed by atoms with Gasteiger partial charge in [-0.25, -0.2) is 0 Å². The summed E-state index contributed by atoms with van der Waals surface area (Å²) >= 11 is 7.96. The fraction of sp³-hybridized carbons (Fsp3) is 0.250. The summed E-state index contributed by atoms with van der Waals surface area (Å²) in [6.07, 6.45) is 0. The van der Waals surface area contributed by atoms with Crippen LogP contribution < -0.4 is 5.73 Å². The van der Waals surface area contributed by atoms with E-state index in [9.17, 15) is 0 Å². The molecule has 0 spiro atoms.